The summed E-state index contributed by atoms with van der Waals surface area (Å²) in [6, 6.07) is 11.7. The molecule has 2 nitrogen and oxygen atoms in total. The number of ether oxygens (including phenoxy) is 1. The fourth-order valence-electron chi connectivity index (χ4n) is 2.54. The first-order valence-corrected chi connectivity index (χ1v) is 7.68. The number of rotatable bonds is 3. The fourth-order valence-corrected chi connectivity index (χ4v) is 3.24. The van der Waals surface area contributed by atoms with Crippen LogP contribution in [0.4, 0.5) is 0 Å². The first-order valence-electron chi connectivity index (χ1n) is 6.51. The number of halogens is 2. The molecule has 0 saturated heterocycles. The largest absolute Gasteiger partial charge is 0.493 e. The van der Waals surface area contributed by atoms with E-state index >= 15 is 0 Å². The van der Waals surface area contributed by atoms with Gasteiger partial charge >= 0.3 is 0 Å². The Balaban J connectivity index is 1.89. The second-order valence-electron chi connectivity index (χ2n) is 4.93. The number of aliphatic hydroxyl groups excluding tert-OH is 1. The molecule has 0 aliphatic carbocycles. The van der Waals surface area contributed by atoms with Crippen LogP contribution >= 0.6 is 27.5 Å². The third kappa shape index (κ3) is 2.85. The average molecular weight is 354 g/mol. The van der Waals surface area contributed by atoms with Gasteiger partial charge in [0.05, 0.1) is 12.7 Å². The molecule has 20 heavy (non-hydrogen) atoms. The highest BCUT2D eigenvalue weighted by molar-refractivity contribution is 9.10. The first-order chi connectivity index (χ1) is 9.63. The van der Waals surface area contributed by atoms with Crippen LogP contribution in [0.5, 0.6) is 5.75 Å². The molecule has 0 amide bonds. The van der Waals surface area contributed by atoms with Gasteiger partial charge in [-0.05, 0) is 35.4 Å². The quantitative estimate of drug-likeness (QED) is 0.891. The summed E-state index contributed by atoms with van der Waals surface area (Å²) in [7, 11) is 0. The third-order valence-electron chi connectivity index (χ3n) is 3.45. The molecule has 0 saturated carbocycles. The minimum Gasteiger partial charge on any atom is -0.493 e. The maximum absolute atomic E-state index is 10.5. The zero-order valence-electron chi connectivity index (χ0n) is 10.8. The zero-order valence-corrected chi connectivity index (χ0v) is 13.1. The van der Waals surface area contributed by atoms with Gasteiger partial charge in [0, 0.05) is 27.9 Å². The van der Waals surface area contributed by atoms with Gasteiger partial charge in [-0.2, -0.15) is 0 Å². The van der Waals surface area contributed by atoms with Crippen LogP contribution in [0.1, 0.15) is 22.8 Å². The maximum atomic E-state index is 10.5. The second kappa shape index (κ2) is 5.76. The van der Waals surface area contributed by atoms with Crippen molar-refractivity contribution in [3.05, 3.63) is 62.6 Å². The predicted molar refractivity (Wildman–Crippen MR) is 83.5 cm³/mol. The monoisotopic (exact) mass is 352 g/mol. The van der Waals surface area contributed by atoms with Gasteiger partial charge in [0.15, 0.2) is 0 Å². The van der Waals surface area contributed by atoms with Crippen LogP contribution in [-0.4, -0.2) is 11.7 Å². The van der Waals surface area contributed by atoms with E-state index in [1.165, 1.54) is 0 Å². The fraction of sp³-hybridized carbons (Fsp3) is 0.250. The maximum Gasteiger partial charge on any atom is 0.128 e. The van der Waals surface area contributed by atoms with Crippen LogP contribution in [0.25, 0.3) is 0 Å². The molecular weight excluding hydrogens is 340 g/mol. The Labute approximate surface area is 131 Å². The summed E-state index contributed by atoms with van der Waals surface area (Å²) in [5.41, 5.74) is 2.93. The van der Waals surface area contributed by atoms with E-state index < -0.39 is 6.10 Å². The molecular formula is C16H14BrClO2. The van der Waals surface area contributed by atoms with Crippen molar-refractivity contribution in [2.24, 2.45) is 0 Å². The van der Waals surface area contributed by atoms with Crippen LogP contribution in [0.3, 0.4) is 0 Å². The molecule has 4 heteroatoms. The Morgan fingerprint density at radius 2 is 2.15 bits per heavy atom. The Morgan fingerprint density at radius 3 is 2.95 bits per heavy atom. The van der Waals surface area contributed by atoms with Crippen LogP contribution in [-0.2, 0) is 12.8 Å². The van der Waals surface area contributed by atoms with Crippen LogP contribution in [0.2, 0.25) is 5.02 Å². The highest BCUT2D eigenvalue weighted by atomic mass is 79.9. The molecule has 0 bridgehead atoms. The highest BCUT2D eigenvalue weighted by Gasteiger charge is 2.22. The van der Waals surface area contributed by atoms with Crippen molar-refractivity contribution < 1.29 is 9.84 Å². The van der Waals surface area contributed by atoms with Crippen molar-refractivity contribution in [2.75, 3.05) is 6.61 Å². The summed E-state index contributed by atoms with van der Waals surface area (Å²) in [6.45, 7) is 0.659. The van der Waals surface area contributed by atoms with E-state index in [0.717, 1.165) is 33.3 Å². The lowest BCUT2D eigenvalue weighted by Crippen LogP contribution is -2.04. The lowest BCUT2D eigenvalue weighted by Gasteiger charge is -2.15. The minimum absolute atomic E-state index is 0.537. The Kier molecular flexibility index (Phi) is 4.01. The molecule has 0 aromatic heterocycles. The minimum atomic E-state index is -0.616. The molecule has 1 N–H and O–H groups in total. The van der Waals surface area contributed by atoms with Crippen LogP contribution in [0.15, 0.2) is 40.9 Å². The summed E-state index contributed by atoms with van der Waals surface area (Å²) in [5.74, 6) is 0.803. The molecule has 3 rings (SSSR count). The van der Waals surface area contributed by atoms with Crippen molar-refractivity contribution in [2.45, 2.75) is 18.9 Å². The van der Waals surface area contributed by atoms with E-state index in [-0.39, 0.29) is 0 Å². The lowest BCUT2D eigenvalue weighted by atomic mass is 9.98. The summed E-state index contributed by atoms with van der Waals surface area (Å²) in [5, 5.41) is 11.2. The Hall–Kier alpha value is -1.03. The SMILES string of the molecule is OC(Cc1cccc(Br)c1)c1cc(Cl)cc2c1OCC2. The van der Waals surface area contributed by atoms with Crippen molar-refractivity contribution in [3.63, 3.8) is 0 Å². The van der Waals surface area contributed by atoms with Gasteiger partial charge in [-0.1, -0.05) is 39.7 Å². The van der Waals surface area contributed by atoms with Crippen molar-refractivity contribution in [1.29, 1.82) is 0 Å². The number of hydrogen-bond acceptors (Lipinski definition) is 2. The summed E-state index contributed by atoms with van der Waals surface area (Å²) in [6.07, 6.45) is 0.775. The van der Waals surface area contributed by atoms with Gasteiger partial charge in [0.1, 0.15) is 5.75 Å². The van der Waals surface area contributed by atoms with Gasteiger partial charge in [-0.15, -0.1) is 0 Å². The van der Waals surface area contributed by atoms with Crippen LogP contribution in [0, 0.1) is 0 Å². The number of fused-ring (bicyclic) bond motifs is 1. The molecule has 1 aliphatic heterocycles. The van der Waals surface area contributed by atoms with Crippen LogP contribution < -0.4 is 4.74 Å². The second-order valence-corrected chi connectivity index (χ2v) is 6.28. The Morgan fingerprint density at radius 1 is 1.30 bits per heavy atom. The topological polar surface area (TPSA) is 29.5 Å². The Bertz CT molecular complexity index is 642. The predicted octanol–water partition coefficient (Wildman–Crippen LogP) is 4.31. The van der Waals surface area contributed by atoms with E-state index in [0.29, 0.717) is 18.1 Å². The molecule has 0 fully saturated rings. The van der Waals surface area contributed by atoms with Crippen molar-refractivity contribution >= 4 is 27.5 Å². The smallest absolute Gasteiger partial charge is 0.128 e. The lowest BCUT2D eigenvalue weighted by molar-refractivity contribution is 0.173. The normalized spacial score (nSPS) is 14.8. The molecule has 1 aliphatic rings. The average Bonchev–Trinajstić information content (AvgIpc) is 2.85. The third-order valence-corrected chi connectivity index (χ3v) is 4.17. The van der Waals surface area contributed by atoms with E-state index in [2.05, 4.69) is 15.9 Å². The molecule has 104 valence electrons. The van der Waals surface area contributed by atoms with E-state index in [1.54, 1.807) is 6.07 Å². The molecule has 1 heterocycles. The van der Waals surface area contributed by atoms with Gasteiger partial charge < -0.3 is 9.84 Å². The number of benzene rings is 2. The standard InChI is InChI=1S/C16H14BrClO2/c17-12-3-1-2-10(6-12)7-15(19)14-9-13(18)8-11-4-5-20-16(11)14/h1-3,6,8-9,15,19H,4-5,7H2. The first kappa shape index (κ1) is 13.9. The zero-order chi connectivity index (χ0) is 14.1. The van der Waals surface area contributed by atoms with Crippen molar-refractivity contribution in [3.8, 4) is 5.75 Å². The summed E-state index contributed by atoms with van der Waals surface area (Å²) < 4.78 is 6.65. The van der Waals surface area contributed by atoms with Gasteiger partial charge in [-0.3, -0.25) is 0 Å². The summed E-state index contributed by atoms with van der Waals surface area (Å²) >= 11 is 9.57. The number of hydrogen-bond donors (Lipinski definition) is 1. The molecule has 2 aromatic carbocycles. The van der Waals surface area contributed by atoms with Gasteiger partial charge in [-0.25, -0.2) is 0 Å². The van der Waals surface area contributed by atoms with Gasteiger partial charge in [0.25, 0.3) is 0 Å². The number of aliphatic hydroxyl groups is 1. The molecule has 1 unspecified atom stereocenters. The van der Waals surface area contributed by atoms with E-state index in [9.17, 15) is 5.11 Å². The summed E-state index contributed by atoms with van der Waals surface area (Å²) in [4.78, 5) is 0. The molecule has 0 spiro atoms. The van der Waals surface area contributed by atoms with E-state index in [1.807, 2.05) is 30.3 Å². The highest BCUT2D eigenvalue weighted by Crippen LogP contribution is 2.37. The van der Waals surface area contributed by atoms with Crippen molar-refractivity contribution in [1.82, 2.24) is 0 Å². The van der Waals surface area contributed by atoms with Gasteiger partial charge in [0.2, 0.25) is 0 Å². The molecule has 1 atom stereocenters. The molecule has 0 radical (unpaired) electrons. The van der Waals surface area contributed by atoms with E-state index in [4.69, 9.17) is 16.3 Å². The molecule has 2 aromatic rings.